The maximum absolute atomic E-state index is 12.4. The van der Waals surface area contributed by atoms with Crippen molar-refractivity contribution < 1.29 is 13.2 Å². The topological polar surface area (TPSA) is 79.4 Å². The molecule has 1 fully saturated rings. The van der Waals surface area contributed by atoms with Gasteiger partial charge in [-0.2, -0.15) is 0 Å². The molecule has 1 aromatic carbocycles. The fourth-order valence-corrected chi connectivity index (χ4v) is 3.85. The van der Waals surface area contributed by atoms with Crippen LogP contribution in [0.15, 0.2) is 41.3 Å². The van der Waals surface area contributed by atoms with Gasteiger partial charge in [-0.15, -0.1) is 0 Å². The highest BCUT2D eigenvalue weighted by Crippen LogP contribution is 2.17. The monoisotopic (exact) mass is 359 g/mol. The Bertz CT molecular complexity index is 902. The van der Waals surface area contributed by atoms with Crippen molar-refractivity contribution in [2.75, 3.05) is 13.1 Å². The molecule has 0 atom stereocenters. The minimum Gasteiger partial charge on any atom is -0.334 e. The van der Waals surface area contributed by atoms with Crippen LogP contribution in [0.4, 0.5) is 0 Å². The molecule has 0 radical (unpaired) electrons. The zero-order valence-electron chi connectivity index (χ0n) is 14.5. The van der Waals surface area contributed by atoms with Crippen LogP contribution < -0.4 is 4.72 Å². The molecule has 1 aliphatic heterocycles. The summed E-state index contributed by atoms with van der Waals surface area (Å²) in [6.45, 7) is 6.40. The molecule has 2 aromatic rings. The summed E-state index contributed by atoms with van der Waals surface area (Å²) < 4.78 is 27.3. The van der Waals surface area contributed by atoms with Gasteiger partial charge in [0.05, 0.1) is 10.9 Å². The van der Waals surface area contributed by atoms with Gasteiger partial charge in [-0.1, -0.05) is 23.8 Å². The van der Waals surface area contributed by atoms with Gasteiger partial charge in [-0.3, -0.25) is 4.79 Å². The van der Waals surface area contributed by atoms with E-state index < -0.39 is 10.0 Å². The normalized spacial score (nSPS) is 15.1. The van der Waals surface area contributed by atoms with Gasteiger partial charge >= 0.3 is 0 Å². The summed E-state index contributed by atoms with van der Waals surface area (Å²) in [5.74, 6) is -0.172. The lowest BCUT2D eigenvalue weighted by molar-refractivity contribution is 0.0585. The molecule has 6 nitrogen and oxygen atoms in total. The predicted octanol–water partition coefficient (Wildman–Crippen LogP) is 1.81. The molecule has 0 aliphatic carbocycles. The Labute approximate surface area is 147 Å². The predicted molar refractivity (Wildman–Crippen MR) is 94.9 cm³/mol. The number of benzene rings is 1. The van der Waals surface area contributed by atoms with E-state index >= 15 is 0 Å². The summed E-state index contributed by atoms with van der Waals surface area (Å²) in [5.41, 5.74) is 3.25. The molecule has 25 heavy (non-hydrogen) atoms. The molecule has 0 bridgehead atoms. The minimum atomic E-state index is -3.57. The number of hydrogen-bond acceptors (Lipinski definition) is 4. The van der Waals surface area contributed by atoms with Crippen molar-refractivity contribution in [2.24, 2.45) is 0 Å². The van der Waals surface area contributed by atoms with Crippen molar-refractivity contribution in [2.45, 2.75) is 31.7 Å². The first-order valence-corrected chi connectivity index (χ1v) is 9.57. The highest BCUT2D eigenvalue weighted by molar-refractivity contribution is 7.89. The van der Waals surface area contributed by atoms with Crippen LogP contribution in [0.3, 0.4) is 0 Å². The highest BCUT2D eigenvalue weighted by Gasteiger charge is 2.34. The van der Waals surface area contributed by atoms with Crippen LogP contribution in [-0.2, 0) is 10.0 Å². The molecule has 2 heterocycles. The quantitative estimate of drug-likeness (QED) is 0.903. The molecule has 7 heteroatoms. The third-order valence-electron chi connectivity index (χ3n) is 4.39. The first-order valence-electron chi connectivity index (χ1n) is 8.09. The van der Waals surface area contributed by atoms with Gasteiger partial charge in [0.2, 0.25) is 10.0 Å². The molecule has 1 N–H and O–H groups in total. The van der Waals surface area contributed by atoms with Crippen LogP contribution in [-0.4, -0.2) is 43.3 Å². The van der Waals surface area contributed by atoms with Crippen molar-refractivity contribution in [3.8, 4) is 0 Å². The molecule has 1 aliphatic rings. The Morgan fingerprint density at radius 3 is 2.32 bits per heavy atom. The first-order chi connectivity index (χ1) is 11.8. The van der Waals surface area contributed by atoms with Crippen molar-refractivity contribution in [3.05, 3.63) is 58.9 Å². The van der Waals surface area contributed by atoms with Gasteiger partial charge in [-0.05, 0) is 44.5 Å². The molecule has 1 aromatic heterocycles. The average molecular weight is 359 g/mol. The van der Waals surface area contributed by atoms with Gasteiger partial charge in [-0.25, -0.2) is 18.1 Å². The molecule has 1 saturated heterocycles. The maximum Gasteiger partial charge on any atom is 0.272 e. The third kappa shape index (κ3) is 3.72. The number of aromatic nitrogens is 1. The van der Waals surface area contributed by atoms with E-state index in [4.69, 9.17) is 0 Å². The average Bonchev–Trinajstić information content (AvgIpc) is 2.53. The van der Waals surface area contributed by atoms with Crippen molar-refractivity contribution in [1.82, 2.24) is 14.6 Å². The Kier molecular flexibility index (Phi) is 4.62. The number of aryl methyl sites for hydroxylation is 3. The van der Waals surface area contributed by atoms with Crippen molar-refractivity contribution in [1.29, 1.82) is 0 Å². The Morgan fingerprint density at radius 1 is 1.08 bits per heavy atom. The van der Waals surface area contributed by atoms with Gasteiger partial charge in [0.1, 0.15) is 5.69 Å². The number of amides is 1. The first kappa shape index (κ1) is 17.6. The van der Waals surface area contributed by atoms with E-state index in [0.29, 0.717) is 18.8 Å². The van der Waals surface area contributed by atoms with E-state index in [-0.39, 0.29) is 16.8 Å². The Hall–Kier alpha value is -2.25. The van der Waals surface area contributed by atoms with E-state index in [9.17, 15) is 13.2 Å². The van der Waals surface area contributed by atoms with E-state index in [1.807, 2.05) is 26.8 Å². The number of sulfonamides is 1. The van der Waals surface area contributed by atoms with Crippen molar-refractivity contribution in [3.63, 3.8) is 0 Å². The van der Waals surface area contributed by atoms with Crippen LogP contribution in [0.5, 0.6) is 0 Å². The summed E-state index contributed by atoms with van der Waals surface area (Å²) >= 11 is 0. The summed E-state index contributed by atoms with van der Waals surface area (Å²) in [6.07, 6.45) is 0. The SMILES string of the molecule is Cc1ccc(S(=O)(=O)NC2CN(C(=O)c3ccc(C)c(C)n3)C2)cc1. The molecular weight excluding hydrogens is 338 g/mol. The zero-order valence-corrected chi connectivity index (χ0v) is 15.3. The third-order valence-corrected chi connectivity index (χ3v) is 5.93. The summed E-state index contributed by atoms with van der Waals surface area (Å²) in [5, 5.41) is 0. The lowest BCUT2D eigenvalue weighted by atomic mass is 10.1. The van der Waals surface area contributed by atoms with Gasteiger partial charge in [0.15, 0.2) is 0 Å². The van der Waals surface area contributed by atoms with Crippen LogP contribution in [0, 0.1) is 20.8 Å². The summed E-state index contributed by atoms with van der Waals surface area (Å²) in [4.78, 5) is 18.5. The molecular formula is C18H21N3O3S. The second-order valence-corrected chi connectivity index (χ2v) is 8.15. The fraction of sp³-hybridized carbons (Fsp3) is 0.333. The molecule has 1 amide bonds. The largest absolute Gasteiger partial charge is 0.334 e. The highest BCUT2D eigenvalue weighted by atomic mass is 32.2. The lowest BCUT2D eigenvalue weighted by Gasteiger charge is -2.39. The minimum absolute atomic E-state index is 0.172. The number of nitrogens with one attached hydrogen (secondary N) is 1. The van der Waals surface area contributed by atoms with Gasteiger partial charge < -0.3 is 4.90 Å². The van der Waals surface area contributed by atoms with Gasteiger partial charge in [0.25, 0.3) is 5.91 Å². The van der Waals surface area contributed by atoms with Crippen LogP contribution in [0.1, 0.15) is 27.3 Å². The molecule has 0 saturated carbocycles. The number of hydrogen-bond donors (Lipinski definition) is 1. The smallest absolute Gasteiger partial charge is 0.272 e. The number of rotatable bonds is 4. The van der Waals surface area contributed by atoms with Crippen LogP contribution in [0.25, 0.3) is 0 Å². The number of pyridine rings is 1. The maximum atomic E-state index is 12.4. The zero-order chi connectivity index (χ0) is 18.2. The Morgan fingerprint density at radius 2 is 1.72 bits per heavy atom. The van der Waals surface area contributed by atoms with Crippen LogP contribution >= 0.6 is 0 Å². The standard InChI is InChI=1S/C18H21N3O3S/c1-12-4-7-16(8-5-12)25(23,24)20-15-10-21(11-15)18(22)17-9-6-13(2)14(3)19-17/h4-9,15,20H,10-11H2,1-3H3. The number of nitrogens with zero attached hydrogens (tertiary/aromatic N) is 2. The van der Waals surface area contributed by atoms with Gasteiger partial charge in [0, 0.05) is 18.8 Å². The van der Waals surface area contributed by atoms with E-state index in [2.05, 4.69) is 9.71 Å². The molecule has 0 unspecified atom stereocenters. The number of carbonyl (C=O) groups is 1. The number of likely N-dealkylation sites (tertiary alicyclic amines) is 1. The Balaban J connectivity index is 1.61. The van der Waals surface area contributed by atoms with Crippen LogP contribution in [0.2, 0.25) is 0 Å². The molecule has 3 rings (SSSR count). The second-order valence-electron chi connectivity index (χ2n) is 6.44. The lowest BCUT2D eigenvalue weighted by Crippen LogP contribution is -2.60. The summed E-state index contributed by atoms with van der Waals surface area (Å²) in [6, 6.07) is 9.98. The van der Waals surface area contributed by atoms with Crippen molar-refractivity contribution >= 4 is 15.9 Å². The number of carbonyl (C=O) groups excluding carboxylic acids is 1. The fourth-order valence-electron chi connectivity index (χ4n) is 2.64. The second kappa shape index (κ2) is 6.57. The molecule has 132 valence electrons. The van der Waals surface area contributed by atoms with E-state index in [1.165, 1.54) is 0 Å². The summed E-state index contributed by atoms with van der Waals surface area (Å²) in [7, 11) is -3.57. The van der Waals surface area contributed by atoms with E-state index in [1.54, 1.807) is 35.2 Å². The molecule has 0 spiro atoms. The van der Waals surface area contributed by atoms with E-state index in [0.717, 1.165) is 16.8 Å².